The summed E-state index contributed by atoms with van der Waals surface area (Å²) in [6.07, 6.45) is 3.54. The molecule has 0 aliphatic carbocycles. The number of hydrogen-bond acceptors (Lipinski definition) is 4. The highest BCUT2D eigenvalue weighted by Crippen LogP contribution is 2.23. The SMILES string of the molecule is NCCCC[C@H](Nc1ccc2ccccc2c1)C(=O)N1CCC[C@H]1C(=O)O. The molecular weight excluding hydrogens is 342 g/mol. The first kappa shape index (κ1) is 19.2. The molecule has 1 heterocycles. The number of carboxylic acid groups (broad SMARTS) is 1. The molecule has 3 rings (SSSR count). The third-order valence-corrected chi connectivity index (χ3v) is 5.16. The van der Waals surface area contributed by atoms with Crippen LogP contribution in [-0.4, -0.2) is 47.1 Å². The highest BCUT2D eigenvalue weighted by Gasteiger charge is 2.36. The highest BCUT2D eigenvalue weighted by atomic mass is 16.4. The number of nitrogens with two attached hydrogens (primary N) is 1. The van der Waals surface area contributed by atoms with Gasteiger partial charge in [0.15, 0.2) is 0 Å². The van der Waals surface area contributed by atoms with Crippen LogP contribution in [0.4, 0.5) is 5.69 Å². The van der Waals surface area contributed by atoms with Gasteiger partial charge in [-0.1, -0.05) is 30.3 Å². The van der Waals surface area contributed by atoms with Crippen molar-refractivity contribution >= 4 is 28.3 Å². The van der Waals surface area contributed by atoms with Crippen LogP contribution in [0.1, 0.15) is 32.1 Å². The van der Waals surface area contributed by atoms with E-state index in [9.17, 15) is 14.7 Å². The Balaban J connectivity index is 1.79. The van der Waals surface area contributed by atoms with Crippen molar-refractivity contribution in [3.05, 3.63) is 42.5 Å². The van der Waals surface area contributed by atoms with Gasteiger partial charge in [0, 0.05) is 12.2 Å². The molecule has 0 unspecified atom stereocenters. The molecule has 1 aliphatic rings. The van der Waals surface area contributed by atoms with Crippen LogP contribution >= 0.6 is 0 Å². The lowest BCUT2D eigenvalue weighted by Gasteiger charge is -2.28. The number of benzene rings is 2. The van der Waals surface area contributed by atoms with Gasteiger partial charge in [0.2, 0.25) is 5.91 Å². The van der Waals surface area contributed by atoms with E-state index in [0.717, 1.165) is 35.7 Å². The Morgan fingerprint density at radius 1 is 1.19 bits per heavy atom. The van der Waals surface area contributed by atoms with Gasteiger partial charge in [-0.05, 0) is 61.6 Å². The van der Waals surface area contributed by atoms with Crippen LogP contribution in [0.15, 0.2) is 42.5 Å². The maximum atomic E-state index is 13.1. The number of likely N-dealkylation sites (tertiary alicyclic amines) is 1. The highest BCUT2D eigenvalue weighted by molar-refractivity contribution is 5.91. The summed E-state index contributed by atoms with van der Waals surface area (Å²) in [7, 11) is 0. The van der Waals surface area contributed by atoms with E-state index in [1.165, 1.54) is 4.90 Å². The molecular formula is C21H27N3O3. The third kappa shape index (κ3) is 4.57. The number of carbonyl (C=O) groups excluding carboxylic acids is 1. The Morgan fingerprint density at radius 3 is 2.70 bits per heavy atom. The lowest BCUT2D eigenvalue weighted by molar-refractivity contribution is -0.148. The fourth-order valence-electron chi connectivity index (χ4n) is 3.72. The number of fused-ring (bicyclic) bond motifs is 1. The molecule has 4 N–H and O–H groups in total. The lowest BCUT2D eigenvalue weighted by atomic mass is 10.1. The minimum atomic E-state index is -0.924. The number of aliphatic carboxylic acids is 1. The van der Waals surface area contributed by atoms with Crippen molar-refractivity contribution < 1.29 is 14.7 Å². The number of anilines is 1. The molecule has 2 aromatic carbocycles. The van der Waals surface area contributed by atoms with Gasteiger partial charge in [0.25, 0.3) is 0 Å². The second-order valence-electron chi connectivity index (χ2n) is 7.07. The zero-order chi connectivity index (χ0) is 19.2. The van der Waals surface area contributed by atoms with E-state index in [1.54, 1.807) is 0 Å². The molecule has 0 aromatic heterocycles. The largest absolute Gasteiger partial charge is 0.480 e. The summed E-state index contributed by atoms with van der Waals surface area (Å²) < 4.78 is 0. The van der Waals surface area contributed by atoms with Gasteiger partial charge in [-0.25, -0.2) is 4.79 Å². The Hall–Kier alpha value is -2.60. The molecule has 2 aromatic rings. The van der Waals surface area contributed by atoms with Crippen molar-refractivity contribution in [2.45, 2.75) is 44.2 Å². The molecule has 1 fully saturated rings. The maximum Gasteiger partial charge on any atom is 0.326 e. The topological polar surface area (TPSA) is 95.7 Å². The van der Waals surface area contributed by atoms with Gasteiger partial charge in [-0.3, -0.25) is 4.79 Å². The van der Waals surface area contributed by atoms with E-state index >= 15 is 0 Å². The van der Waals surface area contributed by atoms with Crippen molar-refractivity contribution in [1.82, 2.24) is 4.90 Å². The van der Waals surface area contributed by atoms with E-state index in [1.807, 2.05) is 42.5 Å². The fourth-order valence-corrected chi connectivity index (χ4v) is 3.72. The van der Waals surface area contributed by atoms with Crippen molar-refractivity contribution in [2.24, 2.45) is 5.73 Å². The molecule has 1 aliphatic heterocycles. The first-order valence-corrected chi connectivity index (χ1v) is 9.59. The number of carboxylic acids is 1. The van der Waals surface area contributed by atoms with Crippen LogP contribution in [0.2, 0.25) is 0 Å². The number of nitrogens with one attached hydrogen (secondary N) is 1. The fraction of sp³-hybridized carbons (Fsp3) is 0.429. The van der Waals surface area contributed by atoms with Crippen molar-refractivity contribution in [3.63, 3.8) is 0 Å². The summed E-state index contributed by atoms with van der Waals surface area (Å²) >= 11 is 0. The number of amides is 1. The molecule has 144 valence electrons. The van der Waals surface area contributed by atoms with Crippen LogP contribution in [0.5, 0.6) is 0 Å². The zero-order valence-electron chi connectivity index (χ0n) is 15.4. The summed E-state index contributed by atoms with van der Waals surface area (Å²) in [5.74, 6) is -1.06. The number of nitrogens with zero attached hydrogens (tertiary/aromatic N) is 1. The van der Waals surface area contributed by atoms with E-state index in [0.29, 0.717) is 25.9 Å². The van der Waals surface area contributed by atoms with Crippen LogP contribution in [0, 0.1) is 0 Å². The summed E-state index contributed by atoms with van der Waals surface area (Å²) in [5.41, 5.74) is 6.46. The predicted octanol–water partition coefficient (Wildman–Crippen LogP) is 2.82. The number of rotatable bonds is 8. The van der Waals surface area contributed by atoms with Gasteiger partial charge >= 0.3 is 5.97 Å². The van der Waals surface area contributed by atoms with Crippen LogP contribution < -0.4 is 11.1 Å². The second kappa shape index (κ2) is 8.86. The summed E-state index contributed by atoms with van der Waals surface area (Å²) in [6, 6.07) is 12.9. The summed E-state index contributed by atoms with van der Waals surface area (Å²) in [5, 5.41) is 15.0. The Morgan fingerprint density at radius 2 is 1.96 bits per heavy atom. The minimum absolute atomic E-state index is 0.134. The smallest absolute Gasteiger partial charge is 0.326 e. The van der Waals surface area contributed by atoms with E-state index in [2.05, 4.69) is 5.32 Å². The molecule has 0 radical (unpaired) electrons. The maximum absolute atomic E-state index is 13.1. The predicted molar refractivity (Wildman–Crippen MR) is 107 cm³/mol. The summed E-state index contributed by atoms with van der Waals surface area (Å²) in [6.45, 7) is 1.08. The quantitative estimate of drug-likeness (QED) is 0.622. The zero-order valence-corrected chi connectivity index (χ0v) is 15.4. The van der Waals surface area contributed by atoms with Crippen molar-refractivity contribution in [1.29, 1.82) is 0 Å². The normalized spacial score (nSPS) is 17.8. The number of unbranched alkanes of at least 4 members (excludes halogenated alkanes) is 1. The van der Waals surface area contributed by atoms with Crippen LogP contribution in [-0.2, 0) is 9.59 Å². The average molecular weight is 369 g/mol. The van der Waals surface area contributed by atoms with Gasteiger partial charge in [-0.2, -0.15) is 0 Å². The van der Waals surface area contributed by atoms with Crippen LogP contribution in [0.3, 0.4) is 0 Å². The molecule has 0 bridgehead atoms. The average Bonchev–Trinajstić information content (AvgIpc) is 3.17. The first-order valence-electron chi connectivity index (χ1n) is 9.59. The minimum Gasteiger partial charge on any atom is -0.480 e. The van der Waals surface area contributed by atoms with Crippen molar-refractivity contribution in [3.8, 4) is 0 Å². The van der Waals surface area contributed by atoms with Gasteiger partial charge < -0.3 is 21.1 Å². The molecule has 0 spiro atoms. The Labute approximate surface area is 159 Å². The summed E-state index contributed by atoms with van der Waals surface area (Å²) in [4.78, 5) is 26.1. The number of hydrogen-bond donors (Lipinski definition) is 3. The molecule has 6 heteroatoms. The van der Waals surface area contributed by atoms with E-state index in [-0.39, 0.29) is 5.91 Å². The van der Waals surface area contributed by atoms with E-state index in [4.69, 9.17) is 5.73 Å². The van der Waals surface area contributed by atoms with E-state index < -0.39 is 18.1 Å². The first-order chi connectivity index (χ1) is 13.1. The molecule has 27 heavy (non-hydrogen) atoms. The van der Waals surface area contributed by atoms with Gasteiger partial charge in [0.1, 0.15) is 12.1 Å². The molecule has 6 nitrogen and oxygen atoms in total. The van der Waals surface area contributed by atoms with Gasteiger partial charge in [0.05, 0.1) is 0 Å². The number of carbonyl (C=O) groups is 2. The van der Waals surface area contributed by atoms with Crippen LogP contribution in [0.25, 0.3) is 10.8 Å². The molecule has 0 saturated carbocycles. The lowest BCUT2D eigenvalue weighted by Crippen LogP contribution is -2.47. The Kier molecular flexibility index (Phi) is 6.29. The molecule has 1 amide bonds. The van der Waals surface area contributed by atoms with Crippen molar-refractivity contribution in [2.75, 3.05) is 18.4 Å². The molecule has 1 saturated heterocycles. The monoisotopic (exact) mass is 369 g/mol. The standard InChI is InChI=1S/C21H27N3O3/c22-12-4-3-8-18(20(25)24-13-5-9-19(24)21(26)27)23-17-11-10-15-6-1-2-7-16(15)14-17/h1-2,6-7,10-11,14,18-19,23H,3-5,8-9,12-13,22H2,(H,26,27)/t18-,19-/m0/s1. The Bertz CT molecular complexity index is 808. The third-order valence-electron chi connectivity index (χ3n) is 5.16. The second-order valence-corrected chi connectivity index (χ2v) is 7.07. The van der Waals surface area contributed by atoms with Gasteiger partial charge in [-0.15, -0.1) is 0 Å². The molecule has 2 atom stereocenters.